The molecule has 8 heteroatoms. The van der Waals surface area contributed by atoms with Crippen molar-refractivity contribution in [3.63, 3.8) is 0 Å². The van der Waals surface area contributed by atoms with E-state index in [1.165, 1.54) is 12.1 Å². The second-order valence-electron chi connectivity index (χ2n) is 4.77. The number of benzene rings is 1. The predicted molar refractivity (Wildman–Crippen MR) is 72.6 cm³/mol. The molecule has 1 aliphatic heterocycles. The molecule has 0 amide bonds. The van der Waals surface area contributed by atoms with Crippen molar-refractivity contribution in [2.45, 2.75) is 23.8 Å². The number of sulfonamides is 1. The number of hydrogen-bond donors (Lipinski definition) is 2. The lowest BCUT2D eigenvalue weighted by atomic mass is 10.0. The highest BCUT2D eigenvalue weighted by molar-refractivity contribution is 7.89. The second kappa shape index (κ2) is 5.18. The quantitative estimate of drug-likeness (QED) is 0.837. The van der Waals surface area contributed by atoms with Crippen LogP contribution in [0.15, 0.2) is 17.0 Å². The predicted octanol–water partition coefficient (Wildman–Crippen LogP) is 2.16. The van der Waals surface area contributed by atoms with E-state index in [1.807, 2.05) is 0 Å². The van der Waals surface area contributed by atoms with Crippen LogP contribution < -0.4 is 10.0 Å². The standard InChI is InChI=1S/C11H13Cl2FN2O2S/c1-11(4-5-15-6-11)16-19(17,18)8-3-2-7(12)10(14)9(8)13/h2-3,15-16H,4-6H2,1H3. The molecule has 0 bridgehead atoms. The van der Waals surface area contributed by atoms with E-state index in [-0.39, 0.29) is 9.92 Å². The summed E-state index contributed by atoms with van der Waals surface area (Å²) in [7, 11) is -3.89. The summed E-state index contributed by atoms with van der Waals surface area (Å²) in [6.07, 6.45) is 0.653. The third-order valence-corrected chi connectivity index (χ3v) is 5.49. The van der Waals surface area contributed by atoms with Crippen molar-refractivity contribution in [1.29, 1.82) is 0 Å². The van der Waals surface area contributed by atoms with Crippen molar-refractivity contribution < 1.29 is 12.8 Å². The first-order valence-corrected chi connectivity index (χ1v) is 7.87. The molecule has 1 unspecified atom stereocenters. The van der Waals surface area contributed by atoms with Gasteiger partial charge in [-0.2, -0.15) is 0 Å². The minimum atomic E-state index is -3.89. The van der Waals surface area contributed by atoms with E-state index in [2.05, 4.69) is 10.0 Å². The Hall–Kier alpha value is -0.400. The van der Waals surface area contributed by atoms with Gasteiger partial charge in [-0.05, 0) is 32.0 Å². The first-order chi connectivity index (χ1) is 8.75. The molecular weight excluding hydrogens is 314 g/mol. The molecule has 2 N–H and O–H groups in total. The Kier molecular flexibility index (Phi) is 4.09. The van der Waals surface area contributed by atoms with E-state index in [4.69, 9.17) is 23.2 Å². The van der Waals surface area contributed by atoms with Crippen molar-refractivity contribution in [3.8, 4) is 0 Å². The molecule has 4 nitrogen and oxygen atoms in total. The number of halogens is 3. The summed E-state index contributed by atoms with van der Waals surface area (Å²) in [6.45, 7) is 3.02. The van der Waals surface area contributed by atoms with Gasteiger partial charge in [-0.1, -0.05) is 23.2 Å². The van der Waals surface area contributed by atoms with Gasteiger partial charge in [0, 0.05) is 12.1 Å². The Morgan fingerprint density at radius 3 is 2.68 bits per heavy atom. The van der Waals surface area contributed by atoms with E-state index in [9.17, 15) is 12.8 Å². The van der Waals surface area contributed by atoms with Gasteiger partial charge < -0.3 is 5.32 Å². The Morgan fingerprint density at radius 1 is 1.42 bits per heavy atom. The summed E-state index contributed by atoms with van der Waals surface area (Å²) in [5, 5.41) is 2.37. The number of rotatable bonds is 3. The van der Waals surface area contributed by atoms with Crippen LogP contribution in [0.5, 0.6) is 0 Å². The van der Waals surface area contributed by atoms with Gasteiger partial charge in [0.25, 0.3) is 0 Å². The van der Waals surface area contributed by atoms with Crippen LogP contribution >= 0.6 is 23.2 Å². The summed E-state index contributed by atoms with van der Waals surface area (Å²) < 4.78 is 40.6. The molecule has 0 aliphatic carbocycles. The summed E-state index contributed by atoms with van der Waals surface area (Å²) >= 11 is 11.3. The van der Waals surface area contributed by atoms with Gasteiger partial charge in [-0.25, -0.2) is 17.5 Å². The summed E-state index contributed by atoms with van der Waals surface area (Å²) in [5.74, 6) is -0.930. The molecule has 0 aromatic heterocycles. The van der Waals surface area contributed by atoms with E-state index in [1.54, 1.807) is 6.92 Å². The minimum Gasteiger partial charge on any atom is -0.315 e. The highest BCUT2D eigenvalue weighted by Crippen LogP contribution is 2.30. The van der Waals surface area contributed by atoms with Gasteiger partial charge >= 0.3 is 0 Å². The van der Waals surface area contributed by atoms with Gasteiger partial charge in [0.1, 0.15) is 4.90 Å². The van der Waals surface area contributed by atoms with Gasteiger partial charge in [0.05, 0.1) is 10.0 Å². The van der Waals surface area contributed by atoms with Gasteiger partial charge in [0.2, 0.25) is 10.0 Å². The number of hydrogen-bond acceptors (Lipinski definition) is 3. The smallest absolute Gasteiger partial charge is 0.242 e. The van der Waals surface area contributed by atoms with Crippen LogP contribution in [0.3, 0.4) is 0 Å². The summed E-state index contributed by atoms with van der Waals surface area (Å²) in [4.78, 5) is -0.302. The minimum absolute atomic E-state index is 0.210. The maximum Gasteiger partial charge on any atom is 0.242 e. The molecule has 106 valence electrons. The zero-order valence-corrected chi connectivity index (χ0v) is 12.5. The van der Waals surface area contributed by atoms with Gasteiger partial charge in [-0.3, -0.25) is 0 Å². The third kappa shape index (κ3) is 3.03. The molecule has 1 atom stereocenters. The molecule has 0 radical (unpaired) electrons. The molecule has 1 saturated heterocycles. The fourth-order valence-electron chi connectivity index (χ4n) is 2.00. The Labute approximate surface area is 121 Å². The average Bonchev–Trinajstić information content (AvgIpc) is 2.71. The lowest BCUT2D eigenvalue weighted by Gasteiger charge is -2.24. The number of nitrogens with one attached hydrogen (secondary N) is 2. The van der Waals surface area contributed by atoms with Crippen LogP contribution in [0, 0.1) is 5.82 Å². The Balaban J connectivity index is 2.37. The lowest BCUT2D eigenvalue weighted by molar-refractivity contribution is 0.451. The zero-order chi connectivity index (χ0) is 14.3. The SMILES string of the molecule is CC1(NS(=O)(=O)c2ccc(Cl)c(F)c2Cl)CCNC1. The van der Waals surface area contributed by atoms with Gasteiger partial charge in [0.15, 0.2) is 5.82 Å². The van der Waals surface area contributed by atoms with Gasteiger partial charge in [-0.15, -0.1) is 0 Å². The molecule has 1 aromatic rings. The van der Waals surface area contributed by atoms with Crippen molar-refractivity contribution in [2.75, 3.05) is 13.1 Å². The maximum atomic E-state index is 13.6. The normalized spacial score (nSPS) is 23.8. The van der Waals surface area contributed by atoms with Crippen molar-refractivity contribution in [1.82, 2.24) is 10.0 Å². The van der Waals surface area contributed by atoms with Crippen molar-refractivity contribution in [2.24, 2.45) is 0 Å². The van der Waals surface area contributed by atoms with Crippen LogP contribution in [-0.4, -0.2) is 27.0 Å². The van der Waals surface area contributed by atoms with Crippen molar-refractivity contribution in [3.05, 3.63) is 28.0 Å². The first kappa shape index (κ1) is 15.0. The lowest BCUT2D eigenvalue weighted by Crippen LogP contribution is -2.47. The summed E-state index contributed by atoms with van der Waals surface area (Å²) in [6, 6.07) is 2.37. The monoisotopic (exact) mass is 326 g/mol. The molecule has 1 aliphatic rings. The third-order valence-electron chi connectivity index (χ3n) is 3.04. The Bertz CT molecular complexity index is 601. The summed E-state index contributed by atoms with van der Waals surface area (Å²) in [5.41, 5.74) is -0.599. The molecule has 0 saturated carbocycles. The molecule has 1 aromatic carbocycles. The fourth-order valence-corrected chi connectivity index (χ4v) is 4.18. The van der Waals surface area contributed by atoms with Crippen LogP contribution in [0.4, 0.5) is 4.39 Å². The van der Waals surface area contributed by atoms with Crippen LogP contribution in [0.25, 0.3) is 0 Å². The fraction of sp³-hybridized carbons (Fsp3) is 0.455. The largest absolute Gasteiger partial charge is 0.315 e. The molecule has 19 heavy (non-hydrogen) atoms. The highest BCUT2D eigenvalue weighted by Gasteiger charge is 2.34. The molecular formula is C11H13Cl2FN2O2S. The molecule has 1 heterocycles. The maximum absolute atomic E-state index is 13.6. The van der Waals surface area contributed by atoms with Crippen LogP contribution in [0.2, 0.25) is 10.0 Å². The molecule has 1 fully saturated rings. The van der Waals surface area contributed by atoms with E-state index < -0.39 is 26.4 Å². The van der Waals surface area contributed by atoms with E-state index >= 15 is 0 Å². The van der Waals surface area contributed by atoms with Crippen LogP contribution in [-0.2, 0) is 10.0 Å². The first-order valence-electron chi connectivity index (χ1n) is 5.63. The molecule has 2 rings (SSSR count). The van der Waals surface area contributed by atoms with Crippen LogP contribution in [0.1, 0.15) is 13.3 Å². The topological polar surface area (TPSA) is 58.2 Å². The Morgan fingerprint density at radius 2 is 2.11 bits per heavy atom. The second-order valence-corrected chi connectivity index (χ2v) is 7.20. The molecule has 0 spiro atoms. The van der Waals surface area contributed by atoms with Crippen molar-refractivity contribution >= 4 is 33.2 Å². The highest BCUT2D eigenvalue weighted by atomic mass is 35.5. The zero-order valence-electron chi connectivity index (χ0n) is 10.1. The van der Waals surface area contributed by atoms with E-state index in [0.717, 1.165) is 6.54 Å². The average molecular weight is 327 g/mol. The van der Waals surface area contributed by atoms with E-state index in [0.29, 0.717) is 13.0 Å².